The van der Waals surface area contributed by atoms with Crippen molar-refractivity contribution >= 4 is 18.5 Å². The highest BCUT2D eigenvalue weighted by atomic mass is 16.5. The molecule has 0 spiro atoms. The highest BCUT2D eigenvalue weighted by Crippen LogP contribution is 2.43. The summed E-state index contributed by atoms with van der Waals surface area (Å²) in [5.74, 6) is 2.30. The number of ether oxygens (including phenoxy) is 1. The van der Waals surface area contributed by atoms with E-state index in [0.29, 0.717) is 5.92 Å². The van der Waals surface area contributed by atoms with Crippen LogP contribution in [0.2, 0.25) is 6.32 Å². The van der Waals surface area contributed by atoms with E-state index in [9.17, 15) is 0 Å². The maximum atomic E-state index is 5.56. The van der Waals surface area contributed by atoms with Gasteiger partial charge in [-0.3, -0.25) is 4.59 Å². The van der Waals surface area contributed by atoms with Crippen LogP contribution in [0, 0.1) is 5.92 Å². The molecule has 0 bridgehead atoms. The minimum Gasteiger partial charge on any atom is -0.497 e. The van der Waals surface area contributed by atoms with Gasteiger partial charge in [-0.1, -0.05) is 34.6 Å². The van der Waals surface area contributed by atoms with Gasteiger partial charge < -0.3 is 9.55 Å². The molecule has 2 aromatic heterocycles. The first-order chi connectivity index (χ1) is 13.8. The normalized spacial score (nSPS) is 13.5. The fourth-order valence-electron chi connectivity index (χ4n) is 4.01. The Morgan fingerprint density at radius 2 is 1.86 bits per heavy atom. The molecule has 0 saturated carbocycles. The van der Waals surface area contributed by atoms with E-state index in [4.69, 9.17) is 14.8 Å². The van der Waals surface area contributed by atoms with Crippen molar-refractivity contribution in [3.05, 3.63) is 54.4 Å². The number of anilines is 2. The van der Waals surface area contributed by atoms with Gasteiger partial charge in [0.25, 0.3) is 0 Å². The standard InChI is InChI=1S/C23H29BN4O/c1-16(2)15-24-27(22-13-17(9-11-25-22)23(3,4)5)21-14-18(29-6)7-8-19(21)20-10-12-26-28(20)24/h7-14,16H,15H2,1-6H3. The Hall–Kier alpha value is -2.76. The Morgan fingerprint density at radius 3 is 2.55 bits per heavy atom. The summed E-state index contributed by atoms with van der Waals surface area (Å²) in [6.45, 7) is 11.3. The van der Waals surface area contributed by atoms with Crippen molar-refractivity contribution in [3.63, 3.8) is 0 Å². The lowest BCUT2D eigenvalue weighted by Gasteiger charge is -2.38. The smallest absolute Gasteiger partial charge is 0.404 e. The van der Waals surface area contributed by atoms with E-state index in [2.05, 4.69) is 74.4 Å². The first-order valence-electron chi connectivity index (χ1n) is 10.3. The van der Waals surface area contributed by atoms with E-state index in [0.717, 1.165) is 34.8 Å². The predicted molar refractivity (Wildman–Crippen MR) is 120 cm³/mol. The highest BCUT2D eigenvalue weighted by Gasteiger charge is 2.38. The zero-order valence-corrected chi connectivity index (χ0v) is 18.2. The molecule has 1 aliphatic heterocycles. The second kappa shape index (κ2) is 7.25. The molecule has 1 aromatic carbocycles. The molecule has 3 heterocycles. The van der Waals surface area contributed by atoms with Crippen LogP contribution in [0.15, 0.2) is 48.8 Å². The highest BCUT2D eigenvalue weighted by molar-refractivity contribution is 6.64. The molecule has 6 heteroatoms. The first kappa shape index (κ1) is 19.6. The molecular formula is C23H29BN4O. The van der Waals surface area contributed by atoms with Crippen LogP contribution in [-0.4, -0.2) is 28.8 Å². The maximum Gasteiger partial charge on any atom is 0.404 e. The summed E-state index contributed by atoms with van der Waals surface area (Å²) in [5.41, 5.74) is 4.71. The van der Waals surface area contributed by atoms with Gasteiger partial charge in [-0.25, -0.2) is 4.98 Å². The van der Waals surface area contributed by atoms with Gasteiger partial charge in [0, 0.05) is 29.7 Å². The molecule has 3 aromatic rings. The zero-order chi connectivity index (χ0) is 20.8. The molecule has 0 unspecified atom stereocenters. The monoisotopic (exact) mass is 388 g/mol. The lowest BCUT2D eigenvalue weighted by molar-refractivity contribution is 0.415. The lowest BCUT2D eigenvalue weighted by Crippen LogP contribution is -2.47. The first-order valence-corrected chi connectivity index (χ1v) is 10.3. The number of rotatable bonds is 4. The molecule has 0 aliphatic carbocycles. The van der Waals surface area contributed by atoms with E-state index >= 15 is 0 Å². The number of fused-ring (bicyclic) bond motifs is 3. The van der Waals surface area contributed by atoms with Crippen LogP contribution in [0.5, 0.6) is 5.75 Å². The quantitative estimate of drug-likeness (QED) is 0.562. The molecular weight excluding hydrogens is 359 g/mol. The zero-order valence-electron chi connectivity index (χ0n) is 18.2. The fourth-order valence-corrected chi connectivity index (χ4v) is 4.01. The van der Waals surface area contributed by atoms with Gasteiger partial charge in [0.2, 0.25) is 0 Å². The summed E-state index contributed by atoms with van der Waals surface area (Å²) >= 11 is 0. The fraction of sp³-hybridized carbons (Fsp3) is 0.391. The summed E-state index contributed by atoms with van der Waals surface area (Å²) < 4.78 is 7.70. The molecule has 0 atom stereocenters. The molecule has 1 aliphatic rings. The number of hydrogen-bond acceptors (Lipinski definition) is 4. The van der Waals surface area contributed by atoms with Crippen molar-refractivity contribution in [1.82, 2.24) is 14.7 Å². The van der Waals surface area contributed by atoms with Crippen LogP contribution in [0.4, 0.5) is 11.5 Å². The van der Waals surface area contributed by atoms with E-state index in [1.54, 1.807) is 7.11 Å². The van der Waals surface area contributed by atoms with E-state index < -0.39 is 0 Å². The average molecular weight is 388 g/mol. The van der Waals surface area contributed by atoms with Gasteiger partial charge in [0.05, 0.1) is 12.8 Å². The maximum absolute atomic E-state index is 5.56. The summed E-state index contributed by atoms with van der Waals surface area (Å²) in [4.78, 5) is 7.12. The van der Waals surface area contributed by atoms with Crippen molar-refractivity contribution in [2.24, 2.45) is 5.92 Å². The number of benzene rings is 1. The Morgan fingerprint density at radius 1 is 1.07 bits per heavy atom. The number of nitrogens with zero attached hydrogens (tertiary/aromatic N) is 4. The Bertz CT molecular complexity index is 1020. The average Bonchev–Trinajstić information content (AvgIpc) is 3.17. The number of aromatic nitrogens is 3. The van der Waals surface area contributed by atoms with E-state index in [1.165, 1.54) is 5.56 Å². The second-order valence-electron chi connectivity index (χ2n) is 9.18. The van der Waals surface area contributed by atoms with Crippen LogP contribution < -0.4 is 9.55 Å². The van der Waals surface area contributed by atoms with Crippen molar-refractivity contribution in [2.75, 3.05) is 11.9 Å². The van der Waals surface area contributed by atoms with Crippen molar-refractivity contribution < 1.29 is 4.74 Å². The van der Waals surface area contributed by atoms with E-state index in [-0.39, 0.29) is 12.4 Å². The van der Waals surface area contributed by atoms with Gasteiger partial charge in [0.1, 0.15) is 11.6 Å². The second-order valence-corrected chi connectivity index (χ2v) is 9.18. The topological polar surface area (TPSA) is 43.2 Å². The molecule has 0 fully saturated rings. The third-order valence-corrected chi connectivity index (χ3v) is 5.53. The third kappa shape index (κ3) is 3.52. The van der Waals surface area contributed by atoms with Gasteiger partial charge in [-0.05, 0) is 53.5 Å². The van der Waals surface area contributed by atoms with Gasteiger partial charge in [0.15, 0.2) is 0 Å². The minimum absolute atomic E-state index is 0.0507. The SMILES string of the molecule is COc1ccc2c(c1)N(c1cc(C(C)(C)C)ccn1)B(CC(C)C)n1nccc1-2. The molecule has 0 radical (unpaired) electrons. The van der Waals surface area contributed by atoms with Crippen molar-refractivity contribution in [1.29, 1.82) is 0 Å². The van der Waals surface area contributed by atoms with Crippen molar-refractivity contribution in [3.8, 4) is 17.0 Å². The number of pyridine rings is 1. The van der Waals surface area contributed by atoms with Crippen LogP contribution in [0.1, 0.15) is 40.2 Å². The molecule has 29 heavy (non-hydrogen) atoms. The van der Waals surface area contributed by atoms with Gasteiger partial charge in [-0.15, -0.1) is 0 Å². The molecule has 0 N–H and O–H groups in total. The summed E-state index contributed by atoms with van der Waals surface area (Å²) in [6.07, 6.45) is 4.77. The van der Waals surface area contributed by atoms with Crippen molar-refractivity contribution in [2.45, 2.75) is 46.4 Å². The van der Waals surface area contributed by atoms with E-state index in [1.807, 2.05) is 18.5 Å². The predicted octanol–water partition coefficient (Wildman–Crippen LogP) is 5.40. The van der Waals surface area contributed by atoms with Crippen LogP contribution >= 0.6 is 0 Å². The largest absolute Gasteiger partial charge is 0.497 e. The molecule has 5 nitrogen and oxygen atoms in total. The minimum atomic E-state index is 0.0507. The molecule has 0 saturated heterocycles. The molecule has 4 rings (SSSR count). The van der Waals surface area contributed by atoms with Crippen LogP contribution in [0.25, 0.3) is 11.3 Å². The number of hydrogen-bond donors (Lipinski definition) is 0. The van der Waals surface area contributed by atoms with Gasteiger partial charge in [-0.2, -0.15) is 5.10 Å². The lowest BCUT2D eigenvalue weighted by atomic mass is 9.63. The Labute approximate surface area is 173 Å². The van der Waals surface area contributed by atoms with Crippen LogP contribution in [0.3, 0.4) is 0 Å². The Balaban J connectivity index is 1.95. The summed E-state index contributed by atoms with van der Waals surface area (Å²) in [6, 6.07) is 12.7. The Kier molecular flexibility index (Phi) is 4.89. The molecule has 0 amide bonds. The summed E-state index contributed by atoms with van der Waals surface area (Å²) in [5, 5.41) is 4.70. The van der Waals surface area contributed by atoms with Gasteiger partial charge >= 0.3 is 6.98 Å². The molecule has 150 valence electrons. The number of methoxy groups -OCH3 is 1. The summed E-state index contributed by atoms with van der Waals surface area (Å²) in [7, 11) is 1.71. The van der Waals surface area contributed by atoms with Crippen LogP contribution in [-0.2, 0) is 5.41 Å². The third-order valence-electron chi connectivity index (χ3n) is 5.53.